The van der Waals surface area contributed by atoms with Crippen LogP contribution in [0.3, 0.4) is 0 Å². The van der Waals surface area contributed by atoms with E-state index in [0.717, 1.165) is 24.9 Å². The Morgan fingerprint density at radius 1 is 1.30 bits per heavy atom. The van der Waals surface area contributed by atoms with E-state index in [9.17, 15) is 5.11 Å². The highest BCUT2D eigenvalue weighted by Crippen LogP contribution is 2.37. The molecule has 3 heteroatoms. The quantitative estimate of drug-likeness (QED) is 0.925. The lowest BCUT2D eigenvalue weighted by Crippen LogP contribution is -2.22. The van der Waals surface area contributed by atoms with Crippen LogP contribution in [0.15, 0.2) is 24.4 Å². The summed E-state index contributed by atoms with van der Waals surface area (Å²) in [6.07, 6.45) is 6.68. The summed E-state index contributed by atoms with van der Waals surface area (Å²) < 4.78 is 2.00. The van der Waals surface area contributed by atoms with Gasteiger partial charge in [0.1, 0.15) is 0 Å². The molecule has 0 saturated heterocycles. The van der Waals surface area contributed by atoms with Crippen molar-refractivity contribution in [3.8, 4) is 0 Å². The van der Waals surface area contributed by atoms with Crippen LogP contribution in [0.5, 0.6) is 0 Å². The van der Waals surface area contributed by atoms with Crippen LogP contribution < -0.4 is 0 Å². The standard InChI is InChI=1S/C17H24N2O/c1-3-19-11-16-10-15(8-9-17(16)18-19)14-6-4-13(5-7-14)12(2)20/h8-14,20H,3-7H2,1-2H3. The zero-order valence-corrected chi connectivity index (χ0v) is 12.4. The largest absolute Gasteiger partial charge is 0.393 e. The Kier molecular flexibility index (Phi) is 3.79. The second kappa shape index (κ2) is 5.57. The molecule has 1 fully saturated rings. The molecule has 1 N–H and O–H groups in total. The first-order valence-electron chi connectivity index (χ1n) is 7.82. The van der Waals surface area contributed by atoms with Gasteiger partial charge in [0.25, 0.3) is 0 Å². The molecule has 1 saturated carbocycles. The molecule has 1 aliphatic rings. The third kappa shape index (κ3) is 2.59. The summed E-state index contributed by atoms with van der Waals surface area (Å²) >= 11 is 0. The summed E-state index contributed by atoms with van der Waals surface area (Å²) in [6.45, 7) is 4.96. The van der Waals surface area contributed by atoms with Crippen LogP contribution in [-0.2, 0) is 6.54 Å². The fourth-order valence-corrected chi connectivity index (χ4v) is 3.45. The van der Waals surface area contributed by atoms with Crippen LogP contribution in [0.25, 0.3) is 10.9 Å². The number of aryl methyl sites for hydroxylation is 1. The number of aliphatic hydroxyl groups excluding tert-OH is 1. The van der Waals surface area contributed by atoms with E-state index >= 15 is 0 Å². The molecular formula is C17H24N2O. The lowest BCUT2D eigenvalue weighted by molar-refractivity contribution is 0.0967. The average Bonchev–Trinajstić information content (AvgIpc) is 2.89. The summed E-state index contributed by atoms with van der Waals surface area (Å²) in [7, 11) is 0. The molecule has 1 aromatic heterocycles. The molecule has 1 aliphatic carbocycles. The van der Waals surface area contributed by atoms with Crippen molar-refractivity contribution in [2.75, 3.05) is 0 Å². The molecule has 2 aromatic rings. The van der Waals surface area contributed by atoms with Crippen LogP contribution in [-0.4, -0.2) is 21.0 Å². The third-order valence-electron chi connectivity index (χ3n) is 4.83. The first-order chi connectivity index (χ1) is 9.67. The number of hydrogen-bond acceptors (Lipinski definition) is 2. The van der Waals surface area contributed by atoms with Gasteiger partial charge in [-0.05, 0) is 69.1 Å². The molecule has 108 valence electrons. The smallest absolute Gasteiger partial charge is 0.0923 e. The molecule has 0 radical (unpaired) electrons. The van der Waals surface area contributed by atoms with Gasteiger partial charge < -0.3 is 5.11 Å². The van der Waals surface area contributed by atoms with E-state index < -0.39 is 0 Å². The van der Waals surface area contributed by atoms with Crippen molar-refractivity contribution in [1.82, 2.24) is 9.78 Å². The summed E-state index contributed by atoms with van der Waals surface area (Å²) in [5.74, 6) is 1.15. The normalized spacial score (nSPS) is 24.9. The van der Waals surface area contributed by atoms with Crippen molar-refractivity contribution >= 4 is 10.9 Å². The van der Waals surface area contributed by atoms with Gasteiger partial charge in [-0.25, -0.2) is 0 Å². The van der Waals surface area contributed by atoms with Crippen LogP contribution in [0.4, 0.5) is 0 Å². The Morgan fingerprint density at radius 3 is 2.70 bits per heavy atom. The van der Waals surface area contributed by atoms with Gasteiger partial charge in [-0.3, -0.25) is 4.68 Å². The molecule has 3 nitrogen and oxygen atoms in total. The number of nitrogens with zero attached hydrogens (tertiary/aromatic N) is 2. The molecule has 1 heterocycles. The highest BCUT2D eigenvalue weighted by atomic mass is 16.3. The minimum atomic E-state index is -0.152. The predicted molar refractivity (Wildman–Crippen MR) is 81.8 cm³/mol. The number of aromatic nitrogens is 2. The van der Waals surface area contributed by atoms with E-state index in [1.165, 1.54) is 23.8 Å². The minimum Gasteiger partial charge on any atom is -0.393 e. The lowest BCUT2D eigenvalue weighted by atomic mass is 9.77. The molecule has 0 spiro atoms. The fourth-order valence-electron chi connectivity index (χ4n) is 3.45. The summed E-state index contributed by atoms with van der Waals surface area (Å²) in [6, 6.07) is 6.70. The zero-order valence-electron chi connectivity index (χ0n) is 12.4. The van der Waals surface area contributed by atoms with Crippen molar-refractivity contribution in [3.05, 3.63) is 30.0 Å². The van der Waals surface area contributed by atoms with Gasteiger partial charge in [0, 0.05) is 18.1 Å². The molecule has 20 heavy (non-hydrogen) atoms. The van der Waals surface area contributed by atoms with E-state index in [-0.39, 0.29) is 6.10 Å². The Balaban J connectivity index is 1.77. The van der Waals surface area contributed by atoms with E-state index in [0.29, 0.717) is 11.8 Å². The summed E-state index contributed by atoms with van der Waals surface area (Å²) in [4.78, 5) is 0. The molecule has 1 atom stereocenters. The second-order valence-corrected chi connectivity index (χ2v) is 6.16. The van der Waals surface area contributed by atoms with Gasteiger partial charge >= 0.3 is 0 Å². The van der Waals surface area contributed by atoms with Gasteiger partial charge in [-0.15, -0.1) is 0 Å². The highest BCUT2D eigenvalue weighted by Gasteiger charge is 2.25. The SMILES string of the molecule is CCn1cc2cc(C3CCC(C(C)O)CC3)ccc2n1. The third-order valence-corrected chi connectivity index (χ3v) is 4.83. The minimum absolute atomic E-state index is 0.152. The van der Waals surface area contributed by atoms with Gasteiger partial charge in [0.2, 0.25) is 0 Å². The second-order valence-electron chi connectivity index (χ2n) is 6.16. The van der Waals surface area contributed by atoms with Gasteiger partial charge in [0.05, 0.1) is 11.6 Å². The van der Waals surface area contributed by atoms with Crippen LogP contribution in [0.2, 0.25) is 0 Å². The zero-order chi connectivity index (χ0) is 14.1. The highest BCUT2D eigenvalue weighted by molar-refractivity contribution is 5.78. The van der Waals surface area contributed by atoms with E-state index in [1.807, 2.05) is 11.6 Å². The summed E-state index contributed by atoms with van der Waals surface area (Å²) in [5.41, 5.74) is 2.53. The number of rotatable bonds is 3. The van der Waals surface area contributed by atoms with Crippen molar-refractivity contribution in [3.63, 3.8) is 0 Å². The van der Waals surface area contributed by atoms with E-state index in [1.54, 1.807) is 0 Å². The van der Waals surface area contributed by atoms with Crippen molar-refractivity contribution in [2.24, 2.45) is 5.92 Å². The van der Waals surface area contributed by atoms with Gasteiger partial charge in [-0.1, -0.05) is 6.07 Å². The Bertz CT molecular complexity index is 580. The fraction of sp³-hybridized carbons (Fsp3) is 0.588. The first-order valence-corrected chi connectivity index (χ1v) is 7.82. The summed E-state index contributed by atoms with van der Waals surface area (Å²) in [5, 5.41) is 15.5. The molecule has 1 aromatic carbocycles. The van der Waals surface area contributed by atoms with Crippen molar-refractivity contribution in [1.29, 1.82) is 0 Å². The topological polar surface area (TPSA) is 38.0 Å². The lowest BCUT2D eigenvalue weighted by Gasteiger charge is -2.30. The van der Waals surface area contributed by atoms with E-state index in [4.69, 9.17) is 0 Å². The first kappa shape index (κ1) is 13.6. The Morgan fingerprint density at radius 2 is 2.05 bits per heavy atom. The molecule has 3 rings (SSSR count). The molecule has 0 aliphatic heterocycles. The maximum atomic E-state index is 9.69. The van der Waals surface area contributed by atoms with Crippen LogP contribution >= 0.6 is 0 Å². The number of fused-ring (bicyclic) bond motifs is 1. The molecule has 0 amide bonds. The predicted octanol–water partition coefficient (Wildman–Crippen LogP) is 3.71. The molecular weight excluding hydrogens is 248 g/mol. The number of aliphatic hydroxyl groups is 1. The Hall–Kier alpha value is -1.35. The number of hydrogen-bond donors (Lipinski definition) is 1. The maximum Gasteiger partial charge on any atom is 0.0923 e. The van der Waals surface area contributed by atoms with E-state index in [2.05, 4.69) is 36.4 Å². The van der Waals surface area contributed by atoms with Crippen LogP contribution in [0.1, 0.15) is 51.0 Å². The molecule has 1 unspecified atom stereocenters. The van der Waals surface area contributed by atoms with Crippen molar-refractivity contribution in [2.45, 2.75) is 58.1 Å². The molecule has 0 bridgehead atoms. The monoisotopic (exact) mass is 272 g/mol. The maximum absolute atomic E-state index is 9.69. The average molecular weight is 272 g/mol. The Labute approximate surface area is 120 Å². The van der Waals surface area contributed by atoms with Gasteiger partial charge in [-0.2, -0.15) is 5.10 Å². The van der Waals surface area contributed by atoms with Crippen molar-refractivity contribution < 1.29 is 5.11 Å². The van der Waals surface area contributed by atoms with Crippen LogP contribution in [0, 0.1) is 5.92 Å². The van der Waals surface area contributed by atoms with Gasteiger partial charge in [0.15, 0.2) is 0 Å². The number of benzene rings is 1.